The second-order valence-electron chi connectivity index (χ2n) is 5.50. The maximum Gasteiger partial charge on any atom is 0.274 e. The van der Waals surface area contributed by atoms with Gasteiger partial charge in [0, 0.05) is 12.2 Å². The predicted octanol–water partition coefficient (Wildman–Crippen LogP) is 3.94. The van der Waals surface area contributed by atoms with Crippen molar-refractivity contribution in [1.82, 2.24) is 4.98 Å². The summed E-state index contributed by atoms with van der Waals surface area (Å²) in [7, 11) is 0. The van der Waals surface area contributed by atoms with Crippen LogP contribution >= 0.6 is 0 Å². The molecule has 0 fully saturated rings. The maximum atomic E-state index is 12.2. The molecule has 0 atom stereocenters. The highest BCUT2D eigenvalue weighted by molar-refractivity contribution is 6.02. The molecule has 0 radical (unpaired) electrons. The number of pyridine rings is 1. The van der Waals surface area contributed by atoms with Crippen molar-refractivity contribution in [3.63, 3.8) is 0 Å². The summed E-state index contributed by atoms with van der Waals surface area (Å²) in [6.07, 6.45) is 2.84. The molecular weight excluding hydrogens is 290 g/mol. The number of ether oxygens (including phenoxy) is 1. The molecule has 2 N–H and O–H groups in total. The van der Waals surface area contributed by atoms with E-state index in [1.807, 2.05) is 44.2 Å². The summed E-state index contributed by atoms with van der Waals surface area (Å²) >= 11 is 0. The Morgan fingerprint density at radius 3 is 2.39 bits per heavy atom. The highest BCUT2D eigenvalue weighted by Gasteiger charge is 2.08. The van der Waals surface area contributed by atoms with Crippen LogP contribution in [-0.4, -0.2) is 23.5 Å². The van der Waals surface area contributed by atoms with Gasteiger partial charge in [0.05, 0.1) is 18.0 Å². The second-order valence-corrected chi connectivity index (χ2v) is 5.50. The minimum absolute atomic E-state index is 0.125. The fourth-order valence-corrected chi connectivity index (χ4v) is 1.99. The summed E-state index contributed by atoms with van der Waals surface area (Å²) in [5, 5.41) is 6.05. The molecule has 23 heavy (non-hydrogen) atoms. The molecule has 0 aliphatic carbocycles. The molecule has 0 spiro atoms. The lowest BCUT2D eigenvalue weighted by Gasteiger charge is -2.10. The van der Waals surface area contributed by atoms with Crippen LogP contribution in [0, 0.1) is 0 Å². The van der Waals surface area contributed by atoms with E-state index >= 15 is 0 Å². The predicted molar refractivity (Wildman–Crippen MR) is 93.2 cm³/mol. The number of carbonyl (C=O) groups excluding carboxylic acids is 1. The average Bonchev–Trinajstić information content (AvgIpc) is 2.54. The molecule has 122 valence electrons. The Balaban J connectivity index is 1.95. The maximum absolute atomic E-state index is 12.2. The van der Waals surface area contributed by atoms with E-state index in [1.165, 1.54) is 0 Å². The lowest BCUT2D eigenvalue weighted by molar-refractivity contribution is 0.102. The minimum atomic E-state index is -0.232. The molecular formula is C18H23N3O2. The smallest absolute Gasteiger partial charge is 0.274 e. The van der Waals surface area contributed by atoms with Crippen LogP contribution in [0.2, 0.25) is 0 Å². The SMILES string of the molecule is CCCNc1ccc(C(=O)Nc2ccc(OC(C)C)cc2)nc1. The third kappa shape index (κ3) is 5.29. The number of hydrogen-bond acceptors (Lipinski definition) is 4. The lowest BCUT2D eigenvalue weighted by atomic mass is 10.2. The van der Waals surface area contributed by atoms with Gasteiger partial charge in [-0.25, -0.2) is 4.98 Å². The molecule has 0 unspecified atom stereocenters. The van der Waals surface area contributed by atoms with E-state index in [0.717, 1.165) is 24.4 Å². The molecule has 5 heteroatoms. The van der Waals surface area contributed by atoms with Gasteiger partial charge < -0.3 is 15.4 Å². The third-order valence-electron chi connectivity index (χ3n) is 3.06. The summed E-state index contributed by atoms with van der Waals surface area (Å²) in [5.41, 5.74) is 2.01. The molecule has 0 saturated carbocycles. The summed E-state index contributed by atoms with van der Waals surface area (Å²) in [6, 6.07) is 10.9. The van der Waals surface area contributed by atoms with Crippen LogP contribution in [0.5, 0.6) is 5.75 Å². The fourth-order valence-electron chi connectivity index (χ4n) is 1.99. The van der Waals surface area contributed by atoms with Crippen LogP contribution in [-0.2, 0) is 0 Å². The van der Waals surface area contributed by atoms with Gasteiger partial charge in [-0.1, -0.05) is 6.92 Å². The highest BCUT2D eigenvalue weighted by atomic mass is 16.5. The van der Waals surface area contributed by atoms with Gasteiger partial charge in [-0.3, -0.25) is 4.79 Å². The second kappa shape index (κ2) is 8.17. The first-order valence-electron chi connectivity index (χ1n) is 7.86. The third-order valence-corrected chi connectivity index (χ3v) is 3.06. The van der Waals surface area contributed by atoms with Crippen LogP contribution in [0.25, 0.3) is 0 Å². The van der Waals surface area contributed by atoms with Gasteiger partial charge in [0.1, 0.15) is 11.4 Å². The van der Waals surface area contributed by atoms with E-state index in [4.69, 9.17) is 4.74 Å². The molecule has 0 aliphatic heterocycles. The first-order valence-corrected chi connectivity index (χ1v) is 7.86. The van der Waals surface area contributed by atoms with Crippen LogP contribution in [0.1, 0.15) is 37.7 Å². The first kappa shape index (κ1) is 16.8. The zero-order chi connectivity index (χ0) is 16.7. The largest absolute Gasteiger partial charge is 0.491 e. The number of rotatable bonds is 7. The van der Waals surface area contributed by atoms with Gasteiger partial charge in [-0.15, -0.1) is 0 Å². The molecule has 0 saturated heterocycles. The van der Waals surface area contributed by atoms with Gasteiger partial charge in [-0.2, -0.15) is 0 Å². The molecule has 1 heterocycles. The van der Waals surface area contributed by atoms with E-state index in [-0.39, 0.29) is 12.0 Å². The van der Waals surface area contributed by atoms with Crippen molar-refractivity contribution in [1.29, 1.82) is 0 Å². The van der Waals surface area contributed by atoms with Gasteiger partial charge in [0.15, 0.2) is 0 Å². The summed E-state index contributed by atoms with van der Waals surface area (Å²) in [5.74, 6) is 0.548. The molecule has 1 aromatic heterocycles. The highest BCUT2D eigenvalue weighted by Crippen LogP contribution is 2.17. The van der Waals surface area contributed by atoms with Crippen molar-refractivity contribution in [3.05, 3.63) is 48.3 Å². The molecule has 5 nitrogen and oxygen atoms in total. The molecule has 2 rings (SSSR count). The van der Waals surface area contributed by atoms with Crippen molar-refractivity contribution >= 4 is 17.3 Å². The van der Waals surface area contributed by atoms with Crippen LogP contribution in [0.15, 0.2) is 42.6 Å². The molecule has 0 bridgehead atoms. The number of hydrogen-bond donors (Lipinski definition) is 2. The number of nitrogens with one attached hydrogen (secondary N) is 2. The Hall–Kier alpha value is -2.56. The summed E-state index contributed by atoms with van der Waals surface area (Å²) < 4.78 is 5.57. The fraction of sp³-hybridized carbons (Fsp3) is 0.333. The molecule has 0 aliphatic rings. The monoisotopic (exact) mass is 313 g/mol. The summed E-state index contributed by atoms with van der Waals surface area (Å²) in [4.78, 5) is 16.4. The number of carbonyl (C=O) groups is 1. The lowest BCUT2D eigenvalue weighted by Crippen LogP contribution is -2.14. The standard InChI is InChI=1S/C18H23N3O2/c1-4-11-19-15-7-10-17(20-12-15)18(22)21-14-5-8-16(9-6-14)23-13(2)3/h5-10,12-13,19H,4,11H2,1-3H3,(H,21,22). The van der Waals surface area contributed by atoms with E-state index in [1.54, 1.807) is 12.3 Å². The number of amides is 1. The van der Waals surface area contributed by atoms with Gasteiger partial charge >= 0.3 is 0 Å². The van der Waals surface area contributed by atoms with E-state index in [0.29, 0.717) is 11.4 Å². The Morgan fingerprint density at radius 1 is 1.13 bits per heavy atom. The van der Waals surface area contributed by atoms with Gasteiger partial charge in [-0.05, 0) is 56.7 Å². The van der Waals surface area contributed by atoms with Crippen molar-refractivity contribution < 1.29 is 9.53 Å². The molecule has 2 aromatic rings. The van der Waals surface area contributed by atoms with Crippen LogP contribution in [0.3, 0.4) is 0 Å². The van der Waals surface area contributed by atoms with Crippen LogP contribution < -0.4 is 15.4 Å². The van der Waals surface area contributed by atoms with Gasteiger partial charge in [0.2, 0.25) is 0 Å². The Kier molecular flexibility index (Phi) is 5.97. The van der Waals surface area contributed by atoms with E-state index in [2.05, 4.69) is 22.5 Å². The molecule has 1 amide bonds. The average molecular weight is 313 g/mol. The van der Waals surface area contributed by atoms with Crippen molar-refractivity contribution in [2.24, 2.45) is 0 Å². The Labute approximate surface area is 137 Å². The van der Waals surface area contributed by atoms with Crippen LogP contribution in [0.4, 0.5) is 11.4 Å². The number of benzene rings is 1. The zero-order valence-corrected chi connectivity index (χ0v) is 13.8. The minimum Gasteiger partial charge on any atom is -0.491 e. The Morgan fingerprint density at radius 2 is 1.83 bits per heavy atom. The van der Waals surface area contributed by atoms with Crippen molar-refractivity contribution in [2.45, 2.75) is 33.3 Å². The summed E-state index contributed by atoms with van der Waals surface area (Å²) in [6.45, 7) is 6.93. The Bertz CT molecular complexity index is 622. The number of nitrogens with zero attached hydrogens (tertiary/aromatic N) is 1. The van der Waals surface area contributed by atoms with Gasteiger partial charge in [0.25, 0.3) is 5.91 Å². The number of anilines is 2. The topological polar surface area (TPSA) is 63.2 Å². The molecule has 1 aromatic carbocycles. The first-order chi connectivity index (χ1) is 11.1. The zero-order valence-electron chi connectivity index (χ0n) is 13.8. The normalized spacial score (nSPS) is 10.4. The number of aromatic nitrogens is 1. The van der Waals surface area contributed by atoms with E-state index < -0.39 is 0 Å². The quantitative estimate of drug-likeness (QED) is 0.812. The van der Waals surface area contributed by atoms with Crippen molar-refractivity contribution in [3.8, 4) is 5.75 Å². The van der Waals surface area contributed by atoms with Crippen molar-refractivity contribution in [2.75, 3.05) is 17.2 Å². The van der Waals surface area contributed by atoms with E-state index in [9.17, 15) is 4.79 Å².